The summed E-state index contributed by atoms with van der Waals surface area (Å²) in [7, 11) is 1.86. The van der Waals surface area contributed by atoms with Crippen LogP contribution in [-0.2, 0) is 4.79 Å². The van der Waals surface area contributed by atoms with Gasteiger partial charge in [-0.3, -0.25) is 9.69 Å². The number of likely N-dealkylation sites (N-methyl/N-ethyl adjacent to an activating group) is 1. The van der Waals surface area contributed by atoms with Crippen LogP contribution in [0.25, 0.3) is 0 Å². The van der Waals surface area contributed by atoms with Crippen molar-refractivity contribution in [2.24, 2.45) is 0 Å². The van der Waals surface area contributed by atoms with Crippen molar-refractivity contribution in [3.8, 4) is 0 Å². The number of piperidine rings is 1. The Kier molecular flexibility index (Phi) is 3.02. The number of carbonyl (C=O) groups excluding carboxylic acids is 1. The van der Waals surface area contributed by atoms with E-state index in [1.165, 1.54) is 19.1 Å². The van der Waals surface area contributed by atoms with E-state index in [4.69, 9.17) is 0 Å². The minimum Gasteiger partial charge on any atom is -0.381 e. The molecule has 0 aromatic heterocycles. The van der Waals surface area contributed by atoms with Crippen molar-refractivity contribution in [1.82, 2.24) is 4.90 Å². The molecule has 2 atom stereocenters. The lowest BCUT2D eigenvalue weighted by Crippen LogP contribution is -2.52. The second-order valence-electron chi connectivity index (χ2n) is 4.88. The second-order valence-corrected chi connectivity index (χ2v) is 4.88. The molecule has 1 fully saturated rings. The van der Waals surface area contributed by atoms with Gasteiger partial charge in [-0.2, -0.15) is 0 Å². The zero-order valence-corrected chi connectivity index (χ0v) is 9.98. The van der Waals surface area contributed by atoms with E-state index in [0.717, 1.165) is 5.56 Å². The molecule has 1 aromatic carbocycles. The minimum atomic E-state index is -1.27. The van der Waals surface area contributed by atoms with Gasteiger partial charge in [0.1, 0.15) is 11.4 Å². The highest BCUT2D eigenvalue weighted by molar-refractivity contribution is 5.88. The monoisotopic (exact) mass is 237 g/mol. The molecule has 0 spiro atoms. The lowest BCUT2D eigenvalue weighted by molar-refractivity contribution is -0.144. The fourth-order valence-corrected chi connectivity index (χ4v) is 2.29. The van der Waals surface area contributed by atoms with Crippen molar-refractivity contribution in [2.75, 3.05) is 13.6 Å². The summed E-state index contributed by atoms with van der Waals surface area (Å²) < 4.78 is 12.8. The van der Waals surface area contributed by atoms with Gasteiger partial charge in [0, 0.05) is 19.0 Å². The number of nitrogens with zero attached hydrogens (tertiary/aromatic N) is 1. The SMILES string of the molecule is CN1C[C@](C)(O)C(=O)CC1c1ccc(F)cc1. The summed E-state index contributed by atoms with van der Waals surface area (Å²) in [5.74, 6) is -0.449. The molecular formula is C13H16FNO2. The molecule has 0 saturated carbocycles. The zero-order chi connectivity index (χ0) is 12.6. The highest BCUT2D eigenvalue weighted by Gasteiger charge is 2.40. The molecule has 2 rings (SSSR count). The maximum Gasteiger partial charge on any atom is 0.167 e. The number of rotatable bonds is 1. The van der Waals surface area contributed by atoms with Gasteiger partial charge in [0.25, 0.3) is 0 Å². The normalized spacial score (nSPS) is 30.6. The summed E-state index contributed by atoms with van der Waals surface area (Å²) >= 11 is 0. The van der Waals surface area contributed by atoms with Crippen LogP contribution in [0.2, 0.25) is 0 Å². The third kappa shape index (κ3) is 2.37. The molecule has 0 bridgehead atoms. The summed E-state index contributed by atoms with van der Waals surface area (Å²) in [4.78, 5) is 13.7. The van der Waals surface area contributed by atoms with Crippen molar-refractivity contribution in [2.45, 2.75) is 25.0 Å². The fourth-order valence-electron chi connectivity index (χ4n) is 2.29. The number of hydrogen-bond donors (Lipinski definition) is 1. The Balaban J connectivity index is 2.23. The Morgan fingerprint density at radius 1 is 1.41 bits per heavy atom. The van der Waals surface area contributed by atoms with Crippen LogP contribution in [0, 0.1) is 5.82 Å². The van der Waals surface area contributed by atoms with E-state index in [2.05, 4.69) is 0 Å². The van der Waals surface area contributed by atoms with Gasteiger partial charge in [-0.1, -0.05) is 12.1 Å². The van der Waals surface area contributed by atoms with Crippen LogP contribution < -0.4 is 0 Å². The number of β-amino-alcohol motifs (C(OH)–C–C–N with tert-alkyl or cyclic N) is 1. The minimum absolute atomic E-state index is 0.0803. The molecule has 3 nitrogen and oxygen atoms in total. The molecule has 4 heteroatoms. The summed E-state index contributed by atoms with van der Waals surface area (Å²) in [5, 5.41) is 9.87. The molecule has 1 aliphatic heterocycles. The van der Waals surface area contributed by atoms with E-state index in [0.29, 0.717) is 6.54 Å². The molecule has 1 aliphatic rings. The lowest BCUT2D eigenvalue weighted by atomic mass is 9.86. The van der Waals surface area contributed by atoms with Crippen molar-refractivity contribution >= 4 is 5.78 Å². The van der Waals surface area contributed by atoms with E-state index in [9.17, 15) is 14.3 Å². The quantitative estimate of drug-likeness (QED) is 0.805. The van der Waals surface area contributed by atoms with Gasteiger partial charge >= 0.3 is 0 Å². The average molecular weight is 237 g/mol. The van der Waals surface area contributed by atoms with Crippen molar-refractivity contribution in [3.63, 3.8) is 0 Å². The van der Waals surface area contributed by atoms with Crippen molar-refractivity contribution in [3.05, 3.63) is 35.6 Å². The van der Waals surface area contributed by atoms with Crippen LogP contribution in [0.15, 0.2) is 24.3 Å². The largest absolute Gasteiger partial charge is 0.381 e. The predicted octanol–water partition coefficient (Wildman–Crippen LogP) is 1.52. The standard InChI is InChI=1S/C13H16FNO2/c1-13(17)8-15(2)11(7-12(13)16)9-3-5-10(14)6-4-9/h3-6,11,17H,7-8H2,1-2H3/t11?,13-/m0/s1. The van der Waals surface area contributed by atoms with Crippen LogP contribution in [0.5, 0.6) is 0 Å². The summed E-state index contributed by atoms with van der Waals surface area (Å²) in [6, 6.07) is 6.07. The molecule has 1 heterocycles. The molecule has 1 saturated heterocycles. The van der Waals surface area contributed by atoms with Crippen LogP contribution in [0.3, 0.4) is 0 Å². The van der Waals surface area contributed by atoms with E-state index in [1.807, 2.05) is 11.9 Å². The Morgan fingerprint density at radius 2 is 2.00 bits per heavy atom. The highest BCUT2D eigenvalue weighted by atomic mass is 19.1. The fraction of sp³-hybridized carbons (Fsp3) is 0.462. The first-order valence-electron chi connectivity index (χ1n) is 5.61. The average Bonchev–Trinajstić information content (AvgIpc) is 2.24. The number of hydrogen-bond acceptors (Lipinski definition) is 3. The maximum absolute atomic E-state index is 12.8. The lowest BCUT2D eigenvalue weighted by Gasteiger charge is -2.39. The van der Waals surface area contributed by atoms with Gasteiger partial charge in [0.05, 0.1) is 0 Å². The van der Waals surface area contributed by atoms with Crippen LogP contribution >= 0.6 is 0 Å². The molecular weight excluding hydrogens is 221 g/mol. The number of benzene rings is 1. The highest BCUT2D eigenvalue weighted by Crippen LogP contribution is 2.31. The van der Waals surface area contributed by atoms with E-state index >= 15 is 0 Å². The molecule has 92 valence electrons. The van der Waals surface area contributed by atoms with Gasteiger partial charge in [-0.15, -0.1) is 0 Å². The zero-order valence-electron chi connectivity index (χ0n) is 9.98. The molecule has 0 amide bonds. The Bertz CT molecular complexity index is 428. The third-order valence-corrected chi connectivity index (χ3v) is 3.32. The number of likely N-dealkylation sites (tertiary alicyclic amines) is 1. The van der Waals surface area contributed by atoms with Crippen LogP contribution in [-0.4, -0.2) is 35.0 Å². The summed E-state index contributed by atoms with van der Waals surface area (Å²) in [6.45, 7) is 1.83. The summed E-state index contributed by atoms with van der Waals surface area (Å²) in [6.07, 6.45) is 0.259. The molecule has 0 radical (unpaired) electrons. The first kappa shape index (κ1) is 12.2. The van der Waals surface area contributed by atoms with Gasteiger partial charge in [-0.05, 0) is 31.7 Å². The van der Waals surface area contributed by atoms with Gasteiger partial charge < -0.3 is 5.11 Å². The number of halogens is 1. The van der Waals surface area contributed by atoms with E-state index in [-0.39, 0.29) is 24.1 Å². The topological polar surface area (TPSA) is 40.5 Å². The first-order chi connectivity index (χ1) is 7.90. The van der Waals surface area contributed by atoms with E-state index in [1.54, 1.807) is 12.1 Å². The predicted molar refractivity (Wildman–Crippen MR) is 62.0 cm³/mol. The Morgan fingerprint density at radius 3 is 2.59 bits per heavy atom. The smallest absolute Gasteiger partial charge is 0.167 e. The van der Waals surface area contributed by atoms with Gasteiger partial charge in [0.15, 0.2) is 5.78 Å². The molecule has 17 heavy (non-hydrogen) atoms. The van der Waals surface area contributed by atoms with E-state index < -0.39 is 5.60 Å². The Labute approximate surface area is 99.9 Å². The first-order valence-corrected chi connectivity index (χ1v) is 5.61. The third-order valence-electron chi connectivity index (χ3n) is 3.32. The van der Waals surface area contributed by atoms with Gasteiger partial charge in [-0.25, -0.2) is 4.39 Å². The summed E-state index contributed by atoms with van der Waals surface area (Å²) in [5.41, 5.74) is -0.372. The van der Waals surface area contributed by atoms with Crippen molar-refractivity contribution < 1.29 is 14.3 Å². The van der Waals surface area contributed by atoms with Crippen LogP contribution in [0.4, 0.5) is 4.39 Å². The maximum atomic E-state index is 12.8. The van der Waals surface area contributed by atoms with Crippen LogP contribution in [0.1, 0.15) is 24.9 Å². The number of aliphatic hydroxyl groups is 1. The molecule has 1 N–H and O–H groups in total. The number of carbonyl (C=O) groups is 1. The number of ketones is 1. The Hall–Kier alpha value is -1.26. The molecule has 1 unspecified atom stereocenters. The van der Waals surface area contributed by atoms with Crippen molar-refractivity contribution in [1.29, 1.82) is 0 Å². The van der Waals surface area contributed by atoms with Gasteiger partial charge in [0.2, 0.25) is 0 Å². The molecule has 0 aliphatic carbocycles. The second kappa shape index (κ2) is 4.20. The molecule has 1 aromatic rings. The number of Topliss-reactive ketones (excluding diaryl/α,β-unsaturated/α-hetero) is 1.